The predicted octanol–water partition coefficient (Wildman–Crippen LogP) is 12.8. The van der Waals surface area contributed by atoms with Gasteiger partial charge in [0.2, 0.25) is 0 Å². The Morgan fingerprint density at radius 1 is 0.444 bits per heavy atom. The summed E-state index contributed by atoms with van der Waals surface area (Å²) in [6.07, 6.45) is 1.83. The van der Waals surface area contributed by atoms with Crippen molar-refractivity contribution >= 4 is 43.6 Å². The molecule has 0 fully saturated rings. The number of nitriles is 1. The Labute approximate surface area is 313 Å². The number of aromatic nitrogens is 3. The molecule has 0 radical (unpaired) electrons. The Kier molecular flexibility index (Phi) is 7.28. The minimum atomic E-state index is 0.567. The van der Waals surface area contributed by atoms with Gasteiger partial charge in [0.05, 0.1) is 50.8 Å². The van der Waals surface area contributed by atoms with E-state index >= 15 is 0 Å². The zero-order chi connectivity index (χ0) is 36.3. The van der Waals surface area contributed by atoms with E-state index in [2.05, 4.69) is 175 Å². The van der Waals surface area contributed by atoms with Crippen molar-refractivity contribution in [3.8, 4) is 51.0 Å². The summed E-state index contributed by atoms with van der Waals surface area (Å²) >= 11 is 0. The van der Waals surface area contributed by atoms with E-state index in [-0.39, 0.29) is 0 Å². The van der Waals surface area contributed by atoms with E-state index in [4.69, 9.17) is 4.98 Å². The van der Waals surface area contributed by atoms with Crippen LogP contribution in [0.15, 0.2) is 170 Å². The minimum absolute atomic E-state index is 0.567. The molecule has 0 amide bonds. The Morgan fingerprint density at radius 2 is 0.944 bits per heavy atom. The standard InChI is InChI=1S/C50H34N4/c1-32-11-7-13-34(27-32)36-22-24-45-41(29-36)39-16-3-5-18-43(39)53(45)47-20-9-15-38(31-51)49(47)50-48(21-10-26-52-50)54-44-19-6-4-17-40(44)42-30-37(23-25-46(42)54)35-14-8-12-33(2)28-35/h3-30H,1-2H3. The molecule has 0 unspecified atom stereocenters. The van der Waals surface area contributed by atoms with Crippen LogP contribution < -0.4 is 0 Å². The molecule has 0 N–H and O–H groups in total. The number of benzene rings is 7. The largest absolute Gasteiger partial charge is 0.309 e. The van der Waals surface area contributed by atoms with Crippen molar-refractivity contribution in [1.29, 1.82) is 5.26 Å². The molecule has 254 valence electrons. The highest BCUT2D eigenvalue weighted by atomic mass is 15.0. The molecule has 0 saturated carbocycles. The van der Waals surface area contributed by atoms with Crippen LogP contribution in [0.2, 0.25) is 0 Å². The van der Waals surface area contributed by atoms with Crippen molar-refractivity contribution in [2.24, 2.45) is 0 Å². The van der Waals surface area contributed by atoms with Crippen molar-refractivity contribution in [3.63, 3.8) is 0 Å². The minimum Gasteiger partial charge on any atom is -0.309 e. The van der Waals surface area contributed by atoms with Crippen molar-refractivity contribution in [3.05, 3.63) is 187 Å². The fraction of sp³-hybridized carbons (Fsp3) is 0.0400. The van der Waals surface area contributed by atoms with E-state index in [0.717, 1.165) is 60.9 Å². The number of pyridine rings is 1. The monoisotopic (exact) mass is 690 g/mol. The van der Waals surface area contributed by atoms with Gasteiger partial charge in [-0.3, -0.25) is 4.98 Å². The molecular formula is C50H34N4. The third-order valence-electron chi connectivity index (χ3n) is 10.7. The lowest BCUT2D eigenvalue weighted by Crippen LogP contribution is -2.04. The lowest BCUT2D eigenvalue weighted by atomic mass is 10.00. The van der Waals surface area contributed by atoms with Crippen LogP contribution in [0.4, 0.5) is 0 Å². The van der Waals surface area contributed by atoms with Gasteiger partial charge < -0.3 is 9.13 Å². The molecule has 0 bridgehead atoms. The molecule has 0 aliphatic rings. The van der Waals surface area contributed by atoms with Crippen LogP contribution >= 0.6 is 0 Å². The van der Waals surface area contributed by atoms with Gasteiger partial charge in [-0.15, -0.1) is 0 Å². The van der Waals surface area contributed by atoms with Gasteiger partial charge in [0.15, 0.2) is 0 Å². The van der Waals surface area contributed by atoms with E-state index in [9.17, 15) is 5.26 Å². The summed E-state index contributed by atoms with van der Waals surface area (Å²) in [5, 5.41) is 15.4. The normalized spacial score (nSPS) is 11.5. The van der Waals surface area contributed by atoms with E-state index < -0.39 is 0 Å². The Balaban J connectivity index is 1.23. The fourth-order valence-electron chi connectivity index (χ4n) is 8.31. The first-order chi connectivity index (χ1) is 26.6. The molecule has 0 aliphatic carbocycles. The van der Waals surface area contributed by atoms with E-state index in [1.54, 1.807) is 0 Å². The molecule has 0 saturated heterocycles. The SMILES string of the molecule is Cc1cccc(-c2ccc3c(c2)c2ccccc2n3-c2cccnc2-c2c(C#N)cccc2-n2c3ccccc3c3cc(-c4cccc(C)c4)ccc32)c1. The quantitative estimate of drug-likeness (QED) is 0.180. The molecule has 0 spiro atoms. The molecular weight excluding hydrogens is 657 g/mol. The highest BCUT2D eigenvalue weighted by Gasteiger charge is 2.23. The van der Waals surface area contributed by atoms with Gasteiger partial charge >= 0.3 is 0 Å². The third-order valence-corrected chi connectivity index (χ3v) is 10.7. The zero-order valence-electron chi connectivity index (χ0n) is 30.0. The van der Waals surface area contributed by atoms with Crippen molar-refractivity contribution in [2.75, 3.05) is 0 Å². The number of hydrogen-bond donors (Lipinski definition) is 0. The molecule has 0 aliphatic heterocycles. The molecule has 3 aromatic heterocycles. The first-order valence-corrected chi connectivity index (χ1v) is 18.3. The fourth-order valence-corrected chi connectivity index (χ4v) is 8.31. The van der Waals surface area contributed by atoms with Crippen LogP contribution in [-0.4, -0.2) is 14.1 Å². The molecule has 3 heterocycles. The summed E-state index contributed by atoms with van der Waals surface area (Å²) in [6, 6.07) is 60.5. The van der Waals surface area contributed by atoms with Gasteiger partial charge in [0, 0.05) is 33.3 Å². The molecule has 10 aromatic rings. The average Bonchev–Trinajstić information content (AvgIpc) is 3.72. The lowest BCUT2D eigenvalue weighted by molar-refractivity contribution is 1.12. The zero-order valence-corrected chi connectivity index (χ0v) is 30.0. The van der Waals surface area contributed by atoms with Gasteiger partial charge in [-0.2, -0.15) is 5.26 Å². The molecule has 10 rings (SSSR count). The summed E-state index contributed by atoms with van der Waals surface area (Å²) < 4.78 is 4.62. The van der Waals surface area contributed by atoms with Crippen LogP contribution in [0, 0.1) is 25.2 Å². The van der Waals surface area contributed by atoms with Gasteiger partial charge in [-0.05, 0) is 96.8 Å². The summed E-state index contributed by atoms with van der Waals surface area (Å²) in [5.74, 6) is 0. The smallest absolute Gasteiger partial charge is 0.0999 e. The first-order valence-electron chi connectivity index (χ1n) is 18.3. The Hall–Kier alpha value is -7.22. The van der Waals surface area contributed by atoms with E-state index in [0.29, 0.717) is 5.56 Å². The number of fused-ring (bicyclic) bond motifs is 6. The highest BCUT2D eigenvalue weighted by molar-refractivity contribution is 6.12. The molecule has 0 atom stereocenters. The summed E-state index contributed by atoms with van der Waals surface area (Å²) in [5.41, 5.74) is 15.4. The predicted molar refractivity (Wildman–Crippen MR) is 223 cm³/mol. The van der Waals surface area contributed by atoms with Crippen molar-refractivity contribution < 1.29 is 0 Å². The maximum Gasteiger partial charge on any atom is 0.0999 e. The van der Waals surface area contributed by atoms with Crippen LogP contribution in [-0.2, 0) is 0 Å². The number of nitrogens with zero attached hydrogens (tertiary/aromatic N) is 4. The summed E-state index contributed by atoms with van der Waals surface area (Å²) in [4.78, 5) is 5.11. The Morgan fingerprint density at radius 3 is 1.52 bits per heavy atom. The molecule has 4 heteroatoms. The summed E-state index contributed by atoms with van der Waals surface area (Å²) in [7, 11) is 0. The maximum atomic E-state index is 10.7. The molecule has 4 nitrogen and oxygen atoms in total. The maximum absolute atomic E-state index is 10.7. The number of hydrogen-bond acceptors (Lipinski definition) is 2. The topological polar surface area (TPSA) is 46.5 Å². The number of para-hydroxylation sites is 2. The van der Waals surface area contributed by atoms with Crippen molar-refractivity contribution in [1.82, 2.24) is 14.1 Å². The molecule has 54 heavy (non-hydrogen) atoms. The first kappa shape index (κ1) is 31.5. The van der Waals surface area contributed by atoms with Gasteiger partial charge in [0.25, 0.3) is 0 Å². The lowest BCUT2D eigenvalue weighted by Gasteiger charge is -2.18. The van der Waals surface area contributed by atoms with Gasteiger partial charge in [-0.25, -0.2) is 0 Å². The second kappa shape index (κ2) is 12.5. The highest BCUT2D eigenvalue weighted by Crippen LogP contribution is 2.42. The number of aryl methyl sites for hydroxylation is 2. The van der Waals surface area contributed by atoms with Crippen LogP contribution in [0.1, 0.15) is 16.7 Å². The summed E-state index contributed by atoms with van der Waals surface area (Å²) in [6.45, 7) is 4.26. The van der Waals surface area contributed by atoms with E-state index in [1.807, 2.05) is 24.4 Å². The average molecular weight is 691 g/mol. The van der Waals surface area contributed by atoms with E-state index in [1.165, 1.54) is 38.8 Å². The number of rotatable bonds is 5. The van der Waals surface area contributed by atoms with Crippen LogP contribution in [0.25, 0.3) is 88.5 Å². The second-order valence-corrected chi connectivity index (χ2v) is 14.1. The van der Waals surface area contributed by atoms with Gasteiger partial charge in [0.1, 0.15) is 0 Å². The molecule has 7 aromatic carbocycles. The van der Waals surface area contributed by atoms with Crippen LogP contribution in [0.3, 0.4) is 0 Å². The van der Waals surface area contributed by atoms with Crippen molar-refractivity contribution in [2.45, 2.75) is 13.8 Å². The Bertz CT molecular complexity index is 3150. The third kappa shape index (κ3) is 4.94. The van der Waals surface area contributed by atoms with Gasteiger partial charge in [-0.1, -0.05) is 114 Å². The van der Waals surface area contributed by atoms with Crippen LogP contribution in [0.5, 0.6) is 0 Å². The second-order valence-electron chi connectivity index (χ2n) is 14.1.